The number of aromatic amines is 1. The summed E-state index contributed by atoms with van der Waals surface area (Å²) in [6, 6.07) is 7.76. The second-order valence-electron chi connectivity index (χ2n) is 6.13. The van der Waals surface area contributed by atoms with Gasteiger partial charge in [0.05, 0.1) is 11.5 Å². The molecule has 0 bridgehead atoms. The molecule has 3 rings (SSSR count). The number of aliphatic carboxylic acids is 1. The van der Waals surface area contributed by atoms with Gasteiger partial charge in [0.1, 0.15) is 0 Å². The van der Waals surface area contributed by atoms with Crippen LogP contribution in [0, 0.1) is 18.8 Å². The molecule has 0 aliphatic carbocycles. The van der Waals surface area contributed by atoms with Gasteiger partial charge in [0.25, 0.3) is 5.91 Å². The number of nitrogens with zero attached hydrogens (tertiary/aromatic N) is 1. The van der Waals surface area contributed by atoms with E-state index < -0.39 is 5.97 Å². The van der Waals surface area contributed by atoms with E-state index in [0.717, 1.165) is 16.6 Å². The topological polar surface area (TPSA) is 73.4 Å². The van der Waals surface area contributed by atoms with Gasteiger partial charge < -0.3 is 15.0 Å². The van der Waals surface area contributed by atoms with Crippen molar-refractivity contribution in [3.05, 3.63) is 35.5 Å². The van der Waals surface area contributed by atoms with Crippen molar-refractivity contribution in [1.29, 1.82) is 0 Å². The average Bonchev–Trinajstić information content (AvgIpc) is 2.81. The molecule has 2 N–H and O–H groups in total. The number of piperidine rings is 1. The van der Waals surface area contributed by atoms with Crippen molar-refractivity contribution in [2.75, 3.05) is 13.1 Å². The number of rotatable bonds is 2. The first kappa shape index (κ1) is 14.6. The maximum Gasteiger partial charge on any atom is 0.306 e. The molecule has 1 saturated heterocycles. The fraction of sp³-hybridized carbons (Fsp3) is 0.412. The molecule has 0 saturated carbocycles. The molecule has 2 unspecified atom stereocenters. The average molecular weight is 300 g/mol. The van der Waals surface area contributed by atoms with Crippen molar-refractivity contribution in [2.45, 2.75) is 20.3 Å². The first-order valence-corrected chi connectivity index (χ1v) is 7.58. The molecule has 0 spiro atoms. The molecule has 1 fully saturated rings. The number of amides is 1. The highest BCUT2D eigenvalue weighted by molar-refractivity contribution is 6.08. The highest BCUT2D eigenvalue weighted by atomic mass is 16.4. The summed E-state index contributed by atoms with van der Waals surface area (Å²) in [6.07, 6.45) is 0.518. The molecule has 2 heterocycles. The third kappa shape index (κ3) is 2.36. The number of carboxylic acids is 1. The minimum atomic E-state index is -0.761. The summed E-state index contributed by atoms with van der Waals surface area (Å²) < 4.78 is 0. The summed E-state index contributed by atoms with van der Waals surface area (Å²) in [5.74, 6) is -1.15. The van der Waals surface area contributed by atoms with Crippen LogP contribution in [0.25, 0.3) is 10.9 Å². The van der Waals surface area contributed by atoms with Crippen LogP contribution in [0.5, 0.6) is 0 Å². The zero-order valence-electron chi connectivity index (χ0n) is 12.8. The number of likely N-dealkylation sites (tertiary alicyclic amines) is 1. The van der Waals surface area contributed by atoms with Gasteiger partial charge in [-0.3, -0.25) is 9.59 Å². The summed E-state index contributed by atoms with van der Waals surface area (Å²) in [4.78, 5) is 29.1. The Labute approximate surface area is 128 Å². The second-order valence-corrected chi connectivity index (χ2v) is 6.13. The summed E-state index contributed by atoms with van der Waals surface area (Å²) >= 11 is 0. The number of carboxylic acid groups (broad SMARTS) is 1. The van der Waals surface area contributed by atoms with Crippen LogP contribution < -0.4 is 0 Å². The lowest BCUT2D eigenvalue weighted by Crippen LogP contribution is -2.45. The predicted molar refractivity (Wildman–Crippen MR) is 83.8 cm³/mol. The maximum atomic E-state index is 12.9. The molecule has 5 heteroatoms. The zero-order valence-corrected chi connectivity index (χ0v) is 12.8. The molecular weight excluding hydrogens is 280 g/mol. The first-order chi connectivity index (χ1) is 10.5. The largest absolute Gasteiger partial charge is 0.481 e. The molecule has 1 amide bonds. The molecule has 1 aromatic carbocycles. The standard InChI is InChI=1S/C17H20N2O3/c1-10-9-19(8-7-12(10)17(21)22)16(20)15-11(2)18-14-6-4-3-5-13(14)15/h3-6,10,12,18H,7-9H2,1-2H3,(H,21,22). The number of carbonyl (C=O) groups is 2. The maximum absolute atomic E-state index is 12.9. The molecule has 1 aliphatic rings. The highest BCUT2D eigenvalue weighted by Gasteiger charge is 2.34. The normalized spacial score (nSPS) is 22.0. The number of aromatic nitrogens is 1. The van der Waals surface area contributed by atoms with Crippen LogP contribution in [0.4, 0.5) is 0 Å². The lowest BCUT2D eigenvalue weighted by Gasteiger charge is -2.35. The van der Waals surface area contributed by atoms with Crippen LogP contribution >= 0.6 is 0 Å². The van der Waals surface area contributed by atoms with Crippen molar-refractivity contribution in [2.24, 2.45) is 11.8 Å². The Hall–Kier alpha value is -2.30. The molecule has 1 aliphatic heterocycles. The highest BCUT2D eigenvalue weighted by Crippen LogP contribution is 2.28. The quantitative estimate of drug-likeness (QED) is 0.895. The van der Waals surface area contributed by atoms with Gasteiger partial charge in [-0.25, -0.2) is 0 Å². The Morgan fingerprint density at radius 2 is 2.05 bits per heavy atom. The number of carbonyl (C=O) groups excluding carboxylic acids is 1. The Morgan fingerprint density at radius 1 is 1.32 bits per heavy atom. The molecule has 5 nitrogen and oxygen atoms in total. The van der Waals surface area contributed by atoms with Gasteiger partial charge in [0.2, 0.25) is 0 Å². The minimum Gasteiger partial charge on any atom is -0.481 e. The van der Waals surface area contributed by atoms with Crippen LogP contribution in [-0.4, -0.2) is 40.0 Å². The van der Waals surface area contributed by atoms with Crippen molar-refractivity contribution >= 4 is 22.8 Å². The van der Waals surface area contributed by atoms with Gasteiger partial charge in [-0.15, -0.1) is 0 Å². The first-order valence-electron chi connectivity index (χ1n) is 7.58. The van der Waals surface area contributed by atoms with E-state index in [9.17, 15) is 14.7 Å². The van der Waals surface area contributed by atoms with E-state index in [0.29, 0.717) is 25.1 Å². The van der Waals surface area contributed by atoms with Gasteiger partial charge >= 0.3 is 5.97 Å². The Kier molecular flexibility index (Phi) is 3.64. The smallest absolute Gasteiger partial charge is 0.306 e. The van der Waals surface area contributed by atoms with E-state index in [1.807, 2.05) is 38.1 Å². The number of H-pyrrole nitrogens is 1. The Balaban J connectivity index is 1.88. The van der Waals surface area contributed by atoms with Crippen LogP contribution in [0.1, 0.15) is 29.4 Å². The van der Waals surface area contributed by atoms with Gasteiger partial charge in [-0.2, -0.15) is 0 Å². The van der Waals surface area contributed by atoms with E-state index in [1.54, 1.807) is 4.90 Å². The Bertz CT molecular complexity index is 735. The van der Waals surface area contributed by atoms with Crippen molar-refractivity contribution in [3.63, 3.8) is 0 Å². The molecule has 2 aromatic rings. The van der Waals surface area contributed by atoms with E-state index in [2.05, 4.69) is 4.98 Å². The fourth-order valence-electron chi connectivity index (χ4n) is 3.41. The molecule has 22 heavy (non-hydrogen) atoms. The zero-order chi connectivity index (χ0) is 15.9. The van der Waals surface area contributed by atoms with E-state index in [1.165, 1.54) is 0 Å². The number of para-hydroxylation sites is 1. The third-order valence-electron chi connectivity index (χ3n) is 4.62. The second kappa shape index (κ2) is 5.48. The molecule has 2 atom stereocenters. The Morgan fingerprint density at radius 3 is 2.73 bits per heavy atom. The number of aryl methyl sites for hydroxylation is 1. The van der Waals surface area contributed by atoms with Crippen LogP contribution in [-0.2, 0) is 4.79 Å². The lowest BCUT2D eigenvalue weighted by molar-refractivity contribution is -0.145. The van der Waals surface area contributed by atoms with Crippen molar-refractivity contribution in [1.82, 2.24) is 9.88 Å². The van der Waals surface area contributed by atoms with Crippen LogP contribution in [0.2, 0.25) is 0 Å². The van der Waals surface area contributed by atoms with Gasteiger partial charge in [-0.05, 0) is 25.3 Å². The summed E-state index contributed by atoms with van der Waals surface area (Å²) in [5, 5.41) is 10.1. The molecular formula is C17H20N2O3. The van der Waals surface area contributed by atoms with E-state index >= 15 is 0 Å². The van der Waals surface area contributed by atoms with Crippen LogP contribution in [0.3, 0.4) is 0 Å². The number of hydrogen-bond donors (Lipinski definition) is 2. The monoisotopic (exact) mass is 300 g/mol. The lowest BCUT2D eigenvalue weighted by atomic mass is 9.86. The summed E-state index contributed by atoms with van der Waals surface area (Å²) in [6.45, 7) is 4.80. The number of nitrogens with one attached hydrogen (secondary N) is 1. The SMILES string of the molecule is Cc1[nH]c2ccccc2c1C(=O)N1CCC(C(=O)O)C(C)C1. The molecule has 0 radical (unpaired) electrons. The number of benzene rings is 1. The molecule has 116 valence electrons. The van der Waals surface area contributed by atoms with Crippen molar-refractivity contribution in [3.8, 4) is 0 Å². The minimum absolute atomic E-state index is 0.00867. The summed E-state index contributed by atoms with van der Waals surface area (Å²) in [5.41, 5.74) is 2.52. The van der Waals surface area contributed by atoms with Gasteiger partial charge in [-0.1, -0.05) is 25.1 Å². The fourth-order valence-corrected chi connectivity index (χ4v) is 3.41. The molecule has 1 aromatic heterocycles. The third-order valence-corrected chi connectivity index (χ3v) is 4.62. The number of fused-ring (bicyclic) bond motifs is 1. The predicted octanol–water partition coefficient (Wildman–Crippen LogP) is 2.66. The van der Waals surface area contributed by atoms with Gasteiger partial charge in [0.15, 0.2) is 0 Å². The van der Waals surface area contributed by atoms with Crippen molar-refractivity contribution < 1.29 is 14.7 Å². The number of hydrogen-bond acceptors (Lipinski definition) is 2. The van der Waals surface area contributed by atoms with Gasteiger partial charge in [0, 0.05) is 29.7 Å². The van der Waals surface area contributed by atoms with E-state index in [4.69, 9.17) is 0 Å². The van der Waals surface area contributed by atoms with E-state index in [-0.39, 0.29) is 17.7 Å². The van der Waals surface area contributed by atoms with Crippen LogP contribution in [0.15, 0.2) is 24.3 Å². The summed E-state index contributed by atoms with van der Waals surface area (Å²) in [7, 11) is 0.